The Kier molecular flexibility index (Phi) is 4.27. The van der Waals surface area contributed by atoms with Gasteiger partial charge in [-0.3, -0.25) is 4.90 Å². The third kappa shape index (κ3) is 3.05. The minimum absolute atomic E-state index is 0.222. The zero-order valence-electron chi connectivity index (χ0n) is 14.6. The van der Waals surface area contributed by atoms with Gasteiger partial charge in [-0.25, -0.2) is 0 Å². The highest BCUT2D eigenvalue weighted by molar-refractivity contribution is 5.57. The van der Waals surface area contributed by atoms with Crippen molar-refractivity contribution in [2.75, 3.05) is 31.1 Å². The van der Waals surface area contributed by atoms with Gasteiger partial charge >= 0.3 is 0 Å². The number of likely N-dealkylation sites (tertiary alicyclic amines) is 1. The molecular weight excluding hydrogens is 300 g/mol. The molecule has 1 atom stereocenters. The molecule has 2 aromatic rings. The molecule has 0 N–H and O–H groups in total. The van der Waals surface area contributed by atoms with Crippen LogP contribution in [0, 0.1) is 12.8 Å². The molecule has 4 rings (SSSR count). The lowest BCUT2D eigenvalue weighted by atomic mass is 9.95. The number of hydrogen-bond acceptors (Lipinski definition) is 5. The van der Waals surface area contributed by atoms with E-state index in [2.05, 4.69) is 51.2 Å². The Hall–Kier alpha value is -1.88. The number of hydrogen-bond donors (Lipinski definition) is 0. The standard InChI is InChI=1S/C19H26N4O/c1-14(19-21-20-15(2)24-19)22-10-7-16(8-11-22)13-23-12-9-17-5-3-4-6-18(17)23/h3-6,14,16H,7-13H2,1-2H3/t14-/m0/s1. The van der Waals surface area contributed by atoms with Gasteiger partial charge in [0.25, 0.3) is 0 Å². The third-order valence-corrected chi connectivity index (χ3v) is 5.56. The van der Waals surface area contributed by atoms with E-state index in [9.17, 15) is 0 Å². The molecule has 0 saturated carbocycles. The molecule has 0 amide bonds. The molecule has 128 valence electrons. The normalized spacial score (nSPS) is 20.3. The molecule has 0 spiro atoms. The maximum atomic E-state index is 5.60. The summed E-state index contributed by atoms with van der Waals surface area (Å²) in [6.45, 7) is 8.62. The Morgan fingerprint density at radius 2 is 1.96 bits per heavy atom. The van der Waals surface area contributed by atoms with Crippen molar-refractivity contribution in [3.05, 3.63) is 41.6 Å². The van der Waals surface area contributed by atoms with Gasteiger partial charge in [0.15, 0.2) is 0 Å². The molecule has 1 saturated heterocycles. The van der Waals surface area contributed by atoms with Crippen LogP contribution in [0.15, 0.2) is 28.7 Å². The lowest BCUT2D eigenvalue weighted by Crippen LogP contribution is -2.39. The number of piperidine rings is 1. The summed E-state index contributed by atoms with van der Waals surface area (Å²) in [5, 5.41) is 8.14. The first-order chi connectivity index (χ1) is 11.7. The van der Waals surface area contributed by atoms with E-state index in [-0.39, 0.29) is 6.04 Å². The SMILES string of the molecule is Cc1nnc([C@H](C)N2CCC(CN3CCc4ccccc43)CC2)o1. The second-order valence-corrected chi connectivity index (χ2v) is 7.14. The van der Waals surface area contributed by atoms with E-state index in [1.807, 2.05) is 6.92 Å². The molecule has 0 radical (unpaired) electrons. The zero-order chi connectivity index (χ0) is 16.5. The van der Waals surface area contributed by atoms with Crippen LogP contribution in [0.25, 0.3) is 0 Å². The predicted molar refractivity (Wildman–Crippen MR) is 94.1 cm³/mol. The number of nitrogens with zero attached hydrogens (tertiary/aromatic N) is 4. The van der Waals surface area contributed by atoms with Crippen molar-refractivity contribution in [1.82, 2.24) is 15.1 Å². The molecule has 1 aromatic carbocycles. The van der Waals surface area contributed by atoms with Crippen molar-refractivity contribution < 1.29 is 4.42 Å². The highest BCUT2D eigenvalue weighted by Gasteiger charge is 2.28. The Morgan fingerprint density at radius 1 is 1.17 bits per heavy atom. The molecular formula is C19H26N4O. The molecule has 0 unspecified atom stereocenters. The van der Waals surface area contributed by atoms with Crippen LogP contribution in [0.4, 0.5) is 5.69 Å². The van der Waals surface area contributed by atoms with Crippen LogP contribution >= 0.6 is 0 Å². The van der Waals surface area contributed by atoms with Gasteiger partial charge in [0.05, 0.1) is 6.04 Å². The lowest BCUT2D eigenvalue weighted by Gasteiger charge is -2.36. The number of benzene rings is 1. The lowest BCUT2D eigenvalue weighted by molar-refractivity contribution is 0.125. The van der Waals surface area contributed by atoms with Crippen LogP contribution in [-0.2, 0) is 6.42 Å². The second kappa shape index (κ2) is 6.55. The Labute approximate surface area is 143 Å². The molecule has 2 aliphatic rings. The van der Waals surface area contributed by atoms with Gasteiger partial charge in [-0.2, -0.15) is 0 Å². The summed E-state index contributed by atoms with van der Waals surface area (Å²) >= 11 is 0. The van der Waals surface area contributed by atoms with Gasteiger partial charge in [0.1, 0.15) is 0 Å². The van der Waals surface area contributed by atoms with Crippen LogP contribution in [0.3, 0.4) is 0 Å². The van der Waals surface area contributed by atoms with Gasteiger partial charge in [0, 0.05) is 25.7 Å². The summed E-state index contributed by atoms with van der Waals surface area (Å²) in [4.78, 5) is 5.06. The minimum Gasteiger partial charge on any atom is -0.424 e. The summed E-state index contributed by atoms with van der Waals surface area (Å²) < 4.78 is 5.60. The van der Waals surface area contributed by atoms with E-state index in [0.717, 1.165) is 24.9 Å². The van der Waals surface area contributed by atoms with Crippen molar-refractivity contribution in [2.45, 2.75) is 39.2 Å². The first-order valence-corrected chi connectivity index (χ1v) is 9.07. The average molecular weight is 326 g/mol. The maximum absolute atomic E-state index is 5.60. The monoisotopic (exact) mass is 326 g/mol. The summed E-state index contributed by atoms with van der Waals surface area (Å²) in [5.74, 6) is 2.18. The van der Waals surface area contributed by atoms with Crippen LogP contribution in [-0.4, -0.2) is 41.3 Å². The van der Waals surface area contributed by atoms with Gasteiger partial charge < -0.3 is 9.32 Å². The van der Waals surface area contributed by atoms with Crippen LogP contribution in [0.1, 0.15) is 43.2 Å². The average Bonchev–Trinajstić information content (AvgIpc) is 3.22. The number of para-hydroxylation sites is 1. The first-order valence-electron chi connectivity index (χ1n) is 9.07. The van der Waals surface area contributed by atoms with Gasteiger partial charge in [-0.15, -0.1) is 10.2 Å². The molecule has 2 aliphatic heterocycles. The number of aryl methyl sites for hydroxylation is 1. The number of rotatable bonds is 4. The topological polar surface area (TPSA) is 45.4 Å². The quantitative estimate of drug-likeness (QED) is 0.863. The van der Waals surface area contributed by atoms with E-state index in [1.165, 1.54) is 43.6 Å². The maximum Gasteiger partial charge on any atom is 0.233 e. The fourth-order valence-electron chi connectivity index (χ4n) is 4.07. The second-order valence-electron chi connectivity index (χ2n) is 7.14. The highest BCUT2D eigenvalue weighted by Crippen LogP contribution is 2.31. The van der Waals surface area contributed by atoms with Crippen LogP contribution in [0.2, 0.25) is 0 Å². The zero-order valence-corrected chi connectivity index (χ0v) is 14.6. The molecule has 5 nitrogen and oxygen atoms in total. The molecule has 1 fully saturated rings. The number of aromatic nitrogens is 2. The summed E-state index contributed by atoms with van der Waals surface area (Å²) in [6.07, 6.45) is 3.69. The first kappa shape index (κ1) is 15.6. The Balaban J connectivity index is 1.32. The molecule has 0 aliphatic carbocycles. The van der Waals surface area contributed by atoms with E-state index >= 15 is 0 Å². The van der Waals surface area contributed by atoms with Crippen molar-refractivity contribution >= 4 is 5.69 Å². The fraction of sp³-hybridized carbons (Fsp3) is 0.579. The van der Waals surface area contributed by atoms with Crippen LogP contribution in [0.5, 0.6) is 0 Å². The number of anilines is 1. The Morgan fingerprint density at radius 3 is 2.71 bits per heavy atom. The molecule has 5 heteroatoms. The van der Waals surface area contributed by atoms with Crippen molar-refractivity contribution in [3.8, 4) is 0 Å². The summed E-state index contributed by atoms with van der Waals surface area (Å²) in [5.41, 5.74) is 2.96. The van der Waals surface area contributed by atoms with Gasteiger partial charge in [-0.1, -0.05) is 18.2 Å². The molecule has 3 heterocycles. The highest BCUT2D eigenvalue weighted by atomic mass is 16.4. The van der Waals surface area contributed by atoms with E-state index in [0.29, 0.717) is 5.89 Å². The fourth-order valence-corrected chi connectivity index (χ4v) is 4.07. The van der Waals surface area contributed by atoms with Crippen molar-refractivity contribution in [1.29, 1.82) is 0 Å². The van der Waals surface area contributed by atoms with Crippen molar-refractivity contribution in [3.63, 3.8) is 0 Å². The smallest absolute Gasteiger partial charge is 0.233 e. The van der Waals surface area contributed by atoms with E-state index in [1.54, 1.807) is 0 Å². The molecule has 1 aromatic heterocycles. The minimum atomic E-state index is 0.222. The number of fused-ring (bicyclic) bond motifs is 1. The molecule has 0 bridgehead atoms. The largest absolute Gasteiger partial charge is 0.424 e. The third-order valence-electron chi connectivity index (χ3n) is 5.56. The molecule has 24 heavy (non-hydrogen) atoms. The summed E-state index contributed by atoms with van der Waals surface area (Å²) in [6, 6.07) is 9.08. The van der Waals surface area contributed by atoms with E-state index in [4.69, 9.17) is 4.42 Å². The predicted octanol–water partition coefficient (Wildman–Crippen LogP) is 3.21. The Bertz CT molecular complexity index is 690. The van der Waals surface area contributed by atoms with Gasteiger partial charge in [-0.05, 0) is 56.8 Å². The summed E-state index contributed by atoms with van der Waals surface area (Å²) in [7, 11) is 0. The van der Waals surface area contributed by atoms with Crippen molar-refractivity contribution in [2.24, 2.45) is 5.92 Å². The van der Waals surface area contributed by atoms with E-state index < -0.39 is 0 Å². The van der Waals surface area contributed by atoms with Gasteiger partial charge in [0.2, 0.25) is 11.8 Å². The van der Waals surface area contributed by atoms with Crippen LogP contribution < -0.4 is 4.90 Å².